The molecule has 3 rings (SSSR count). The van der Waals surface area contributed by atoms with Crippen molar-refractivity contribution in [2.75, 3.05) is 17.1 Å². The second-order valence-electron chi connectivity index (χ2n) is 5.74. The first-order valence-electron chi connectivity index (χ1n) is 7.98. The zero-order valence-electron chi connectivity index (χ0n) is 14.9. The summed E-state index contributed by atoms with van der Waals surface area (Å²) in [5.41, 5.74) is 1.63. The molecular weight excluding hydrogens is 405 g/mol. The smallest absolute Gasteiger partial charge is 0.337 e. The van der Waals surface area contributed by atoms with Gasteiger partial charge in [0.25, 0.3) is 10.0 Å². The van der Waals surface area contributed by atoms with Crippen molar-refractivity contribution < 1.29 is 22.3 Å². The molecule has 1 heterocycles. The van der Waals surface area contributed by atoms with E-state index in [-0.39, 0.29) is 11.3 Å². The number of aromatic nitrogens is 1. The molecule has 0 saturated heterocycles. The molecular formula is C18H16FN3O4S2. The van der Waals surface area contributed by atoms with Crippen LogP contribution in [0.4, 0.5) is 20.9 Å². The van der Waals surface area contributed by atoms with E-state index in [2.05, 4.69) is 19.8 Å². The molecule has 0 aliphatic heterocycles. The summed E-state index contributed by atoms with van der Waals surface area (Å²) < 4.78 is 46.2. The van der Waals surface area contributed by atoms with E-state index in [4.69, 9.17) is 0 Å². The topological polar surface area (TPSA) is 97.4 Å². The van der Waals surface area contributed by atoms with Gasteiger partial charge >= 0.3 is 5.97 Å². The minimum atomic E-state index is -4.27. The van der Waals surface area contributed by atoms with Gasteiger partial charge in [-0.2, -0.15) is 0 Å². The highest BCUT2D eigenvalue weighted by Gasteiger charge is 2.22. The molecule has 0 amide bonds. The molecule has 3 aromatic rings. The predicted octanol–water partition coefficient (Wildman–Crippen LogP) is 3.92. The van der Waals surface area contributed by atoms with E-state index < -0.39 is 26.7 Å². The Morgan fingerprint density at radius 3 is 2.61 bits per heavy atom. The van der Waals surface area contributed by atoms with Gasteiger partial charge in [0.2, 0.25) is 0 Å². The molecule has 1 aromatic heterocycles. The lowest BCUT2D eigenvalue weighted by Gasteiger charge is -2.11. The van der Waals surface area contributed by atoms with Crippen LogP contribution in [-0.2, 0) is 14.8 Å². The molecule has 10 heteroatoms. The van der Waals surface area contributed by atoms with Crippen LogP contribution in [0.2, 0.25) is 0 Å². The van der Waals surface area contributed by atoms with Gasteiger partial charge < -0.3 is 10.1 Å². The fraction of sp³-hybridized carbons (Fsp3) is 0.111. The second-order valence-corrected chi connectivity index (χ2v) is 8.25. The minimum Gasteiger partial charge on any atom is -0.465 e. The molecule has 2 aromatic carbocycles. The normalized spacial score (nSPS) is 11.1. The summed E-state index contributed by atoms with van der Waals surface area (Å²) in [5, 5.41) is 5.61. The van der Waals surface area contributed by atoms with Crippen LogP contribution in [0.3, 0.4) is 0 Å². The Hall–Kier alpha value is -2.98. The van der Waals surface area contributed by atoms with Crippen molar-refractivity contribution in [2.45, 2.75) is 11.8 Å². The number of nitrogens with one attached hydrogen (secondary N) is 2. The molecule has 0 atom stereocenters. The van der Waals surface area contributed by atoms with Gasteiger partial charge in [-0.1, -0.05) is 6.07 Å². The van der Waals surface area contributed by atoms with E-state index in [1.165, 1.54) is 17.4 Å². The molecule has 146 valence electrons. The SMILES string of the molecule is COC(=O)c1ccc(F)c(S(=O)(=O)Nc2cccc(Nc3nc(C)cs3)c2)c1. The van der Waals surface area contributed by atoms with Crippen LogP contribution in [0.25, 0.3) is 0 Å². The van der Waals surface area contributed by atoms with Gasteiger partial charge in [-0.3, -0.25) is 4.72 Å². The fourth-order valence-electron chi connectivity index (χ4n) is 2.36. The Kier molecular flexibility index (Phi) is 5.61. The van der Waals surface area contributed by atoms with Crippen molar-refractivity contribution in [1.29, 1.82) is 0 Å². The molecule has 0 fully saturated rings. The van der Waals surface area contributed by atoms with E-state index >= 15 is 0 Å². The minimum absolute atomic E-state index is 0.0705. The molecule has 0 spiro atoms. The Labute approximate surface area is 165 Å². The second kappa shape index (κ2) is 7.95. The van der Waals surface area contributed by atoms with Gasteiger partial charge in [0.05, 0.1) is 24.1 Å². The van der Waals surface area contributed by atoms with Gasteiger partial charge in [-0.15, -0.1) is 11.3 Å². The van der Waals surface area contributed by atoms with E-state index in [1.54, 1.807) is 18.2 Å². The number of nitrogens with zero attached hydrogens (tertiary/aromatic N) is 1. The van der Waals surface area contributed by atoms with E-state index in [1.807, 2.05) is 12.3 Å². The van der Waals surface area contributed by atoms with Gasteiger partial charge in [0, 0.05) is 11.1 Å². The zero-order chi connectivity index (χ0) is 20.3. The van der Waals surface area contributed by atoms with Crippen LogP contribution < -0.4 is 10.0 Å². The standard InChI is InChI=1S/C18H16FN3O4S2/c1-11-10-27-18(20-11)21-13-4-3-5-14(9-13)22-28(24,25)16-8-12(17(23)26-2)6-7-15(16)19/h3-10,22H,1-2H3,(H,20,21). The van der Waals surface area contributed by atoms with Crippen LogP contribution in [0.1, 0.15) is 16.1 Å². The first-order chi connectivity index (χ1) is 13.3. The van der Waals surface area contributed by atoms with Crippen molar-refractivity contribution in [1.82, 2.24) is 4.98 Å². The van der Waals surface area contributed by atoms with E-state index in [9.17, 15) is 17.6 Å². The molecule has 2 N–H and O–H groups in total. The number of rotatable bonds is 6. The summed E-state index contributed by atoms with van der Waals surface area (Å²) >= 11 is 1.41. The van der Waals surface area contributed by atoms with Crippen LogP contribution in [0, 0.1) is 12.7 Å². The lowest BCUT2D eigenvalue weighted by molar-refractivity contribution is 0.0600. The number of thiazole rings is 1. The number of hydrogen-bond acceptors (Lipinski definition) is 7. The Balaban J connectivity index is 1.86. The third-order valence-electron chi connectivity index (χ3n) is 3.63. The number of sulfonamides is 1. The third-order valence-corrected chi connectivity index (χ3v) is 5.90. The number of benzene rings is 2. The Morgan fingerprint density at radius 1 is 1.18 bits per heavy atom. The van der Waals surface area contributed by atoms with Crippen molar-refractivity contribution in [2.24, 2.45) is 0 Å². The first-order valence-corrected chi connectivity index (χ1v) is 10.3. The molecule has 0 saturated carbocycles. The zero-order valence-corrected chi connectivity index (χ0v) is 16.5. The van der Waals surface area contributed by atoms with Crippen molar-refractivity contribution in [3.05, 3.63) is 64.9 Å². The van der Waals surface area contributed by atoms with Crippen LogP contribution in [0.15, 0.2) is 52.7 Å². The number of methoxy groups -OCH3 is 1. The number of carbonyl (C=O) groups is 1. The summed E-state index contributed by atoms with van der Waals surface area (Å²) in [6.07, 6.45) is 0. The van der Waals surface area contributed by atoms with E-state index in [0.29, 0.717) is 10.8 Å². The lowest BCUT2D eigenvalue weighted by atomic mass is 10.2. The molecule has 0 radical (unpaired) electrons. The summed E-state index contributed by atoms with van der Waals surface area (Å²) in [7, 11) is -3.11. The van der Waals surface area contributed by atoms with Gasteiger partial charge in [0.15, 0.2) is 5.13 Å². The maximum Gasteiger partial charge on any atom is 0.337 e. The summed E-state index contributed by atoms with van der Waals surface area (Å²) in [6, 6.07) is 9.46. The number of hydrogen-bond donors (Lipinski definition) is 2. The molecule has 0 bridgehead atoms. The fourth-order valence-corrected chi connectivity index (χ4v) is 4.22. The highest BCUT2D eigenvalue weighted by atomic mass is 32.2. The average molecular weight is 421 g/mol. The summed E-state index contributed by atoms with van der Waals surface area (Å²) in [4.78, 5) is 15.2. The highest BCUT2D eigenvalue weighted by Crippen LogP contribution is 2.25. The monoisotopic (exact) mass is 421 g/mol. The van der Waals surface area contributed by atoms with Crippen molar-refractivity contribution in [3.63, 3.8) is 0 Å². The van der Waals surface area contributed by atoms with Crippen molar-refractivity contribution in [3.8, 4) is 0 Å². The van der Waals surface area contributed by atoms with Crippen LogP contribution >= 0.6 is 11.3 Å². The number of esters is 1. The largest absolute Gasteiger partial charge is 0.465 e. The number of ether oxygens (including phenoxy) is 1. The number of anilines is 3. The molecule has 0 unspecified atom stereocenters. The Morgan fingerprint density at radius 2 is 1.93 bits per heavy atom. The van der Waals surface area contributed by atoms with Gasteiger partial charge in [-0.25, -0.2) is 22.6 Å². The van der Waals surface area contributed by atoms with Gasteiger partial charge in [0.1, 0.15) is 10.7 Å². The highest BCUT2D eigenvalue weighted by molar-refractivity contribution is 7.92. The maximum absolute atomic E-state index is 14.1. The van der Waals surface area contributed by atoms with Crippen LogP contribution in [0.5, 0.6) is 0 Å². The summed E-state index contributed by atoms with van der Waals surface area (Å²) in [6.45, 7) is 1.86. The Bertz CT molecular complexity index is 1130. The predicted molar refractivity (Wildman–Crippen MR) is 105 cm³/mol. The number of carbonyl (C=O) groups excluding carboxylic acids is 1. The van der Waals surface area contributed by atoms with Crippen LogP contribution in [-0.4, -0.2) is 26.5 Å². The number of halogens is 1. The lowest BCUT2D eigenvalue weighted by Crippen LogP contribution is -2.16. The molecule has 7 nitrogen and oxygen atoms in total. The first kappa shape index (κ1) is 19.8. The van der Waals surface area contributed by atoms with Crippen molar-refractivity contribution >= 4 is 43.8 Å². The molecule has 28 heavy (non-hydrogen) atoms. The van der Waals surface area contributed by atoms with E-state index in [0.717, 1.165) is 31.0 Å². The third kappa shape index (κ3) is 4.46. The maximum atomic E-state index is 14.1. The molecule has 0 aliphatic carbocycles. The molecule has 0 aliphatic rings. The quantitative estimate of drug-likeness (QED) is 0.586. The summed E-state index contributed by atoms with van der Waals surface area (Å²) in [5.74, 6) is -1.74. The van der Waals surface area contributed by atoms with Gasteiger partial charge in [-0.05, 0) is 43.3 Å². The number of aryl methyl sites for hydroxylation is 1. The average Bonchev–Trinajstić information content (AvgIpc) is 3.06.